The normalized spacial score (nSPS) is 14.1. The molecule has 0 heteroatoms. The number of rotatable bonds is 2. The van der Waals surface area contributed by atoms with Crippen molar-refractivity contribution in [3.8, 4) is 44.5 Å². The number of hydrogen-bond donors (Lipinski definition) is 0. The second-order valence-electron chi connectivity index (χ2n) is 22.4. The molecule has 2 aliphatic carbocycles. The molecule has 2 aliphatic rings. The van der Waals surface area contributed by atoms with Gasteiger partial charge in [0, 0.05) is 0 Å². The van der Waals surface area contributed by atoms with E-state index in [4.69, 9.17) is 0 Å². The van der Waals surface area contributed by atoms with Crippen LogP contribution in [-0.2, 0) is 16.2 Å². The third kappa shape index (κ3) is 5.14. The van der Waals surface area contributed by atoms with Gasteiger partial charge in [-0.2, -0.15) is 0 Å². The quantitative estimate of drug-likeness (QED) is 0.152. The van der Waals surface area contributed by atoms with E-state index < -0.39 is 5.41 Å². The first-order chi connectivity index (χ1) is 33.4. The molecule has 0 fully saturated rings. The molecule has 1 spiro atoms. The van der Waals surface area contributed by atoms with Crippen LogP contribution in [0.25, 0.3) is 120 Å². The minimum atomic E-state index is -0.493. The topological polar surface area (TPSA) is 0 Å². The maximum atomic E-state index is 2.55. The lowest BCUT2D eigenvalue weighted by molar-refractivity contribution is 0.591. The molecule has 0 saturated carbocycles. The van der Waals surface area contributed by atoms with Crippen LogP contribution in [0.15, 0.2) is 194 Å². The van der Waals surface area contributed by atoms with Crippen LogP contribution < -0.4 is 0 Å². The lowest BCUT2D eigenvalue weighted by Crippen LogP contribution is -2.26. The second-order valence-corrected chi connectivity index (χ2v) is 22.4. The van der Waals surface area contributed by atoms with Crippen molar-refractivity contribution in [2.45, 2.75) is 57.8 Å². The molecule has 13 aromatic carbocycles. The van der Waals surface area contributed by atoms with Crippen molar-refractivity contribution in [3.05, 3.63) is 228 Å². The van der Waals surface area contributed by atoms with Crippen LogP contribution in [0.5, 0.6) is 0 Å². The van der Waals surface area contributed by atoms with Gasteiger partial charge in [-0.25, -0.2) is 0 Å². The fourth-order valence-corrected chi connectivity index (χ4v) is 13.5. The van der Waals surface area contributed by atoms with E-state index in [1.54, 1.807) is 0 Å². The van der Waals surface area contributed by atoms with Crippen molar-refractivity contribution < 1.29 is 0 Å². The van der Waals surface area contributed by atoms with Crippen LogP contribution in [0.4, 0.5) is 0 Å². The summed E-state index contributed by atoms with van der Waals surface area (Å²) >= 11 is 0. The standard InChI is InChI=1S/C69H50/c1-67(2,3)49-36-46-17-15-44-34-48(35-45-16-18-47(37-49)63(46)62(44)45)41-22-28-54-56-30-24-43-33-42(50-26-19-39-21-31-57-58(68(4,5)6)32-25-40-20-29-55(50)64(39)65(40)57)23-27-51(43)66(56)69(61(54)38-41)59-13-9-7-11-52(59)53-12-8-10-14-60(53)69/h7-38H,1-6H3. The van der Waals surface area contributed by atoms with Gasteiger partial charge >= 0.3 is 0 Å². The van der Waals surface area contributed by atoms with Gasteiger partial charge in [-0.3, -0.25) is 0 Å². The molecule has 0 saturated heterocycles. The summed E-state index contributed by atoms with van der Waals surface area (Å²) in [6.07, 6.45) is 0. The van der Waals surface area contributed by atoms with Gasteiger partial charge < -0.3 is 0 Å². The van der Waals surface area contributed by atoms with Gasteiger partial charge in [0.05, 0.1) is 5.41 Å². The minimum absolute atomic E-state index is 0.0457. The van der Waals surface area contributed by atoms with Crippen LogP contribution in [0.2, 0.25) is 0 Å². The molecule has 0 radical (unpaired) electrons. The van der Waals surface area contributed by atoms with E-state index in [1.807, 2.05) is 0 Å². The largest absolute Gasteiger partial charge is 0.0731 e. The number of benzene rings is 13. The molecular weight excluding hydrogens is 829 g/mol. The Labute approximate surface area is 403 Å². The second kappa shape index (κ2) is 13.2. The molecule has 69 heavy (non-hydrogen) atoms. The molecule has 0 N–H and O–H groups in total. The van der Waals surface area contributed by atoms with Crippen molar-refractivity contribution in [1.29, 1.82) is 0 Å². The summed E-state index contributed by atoms with van der Waals surface area (Å²) in [6.45, 7) is 13.9. The maximum absolute atomic E-state index is 2.55. The van der Waals surface area contributed by atoms with Gasteiger partial charge in [-0.15, -0.1) is 0 Å². The summed E-state index contributed by atoms with van der Waals surface area (Å²) in [4.78, 5) is 0. The highest BCUT2D eigenvalue weighted by Gasteiger charge is 2.52. The predicted octanol–water partition coefficient (Wildman–Crippen LogP) is 18.9. The number of fused-ring (bicyclic) bond motifs is 12. The highest BCUT2D eigenvalue weighted by atomic mass is 14.5. The molecule has 0 heterocycles. The Morgan fingerprint density at radius 2 is 0.768 bits per heavy atom. The van der Waals surface area contributed by atoms with Crippen molar-refractivity contribution in [1.82, 2.24) is 0 Å². The highest BCUT2D eigenvalue weighted by molar-refractivity contribution is 6.27. The van der Waals surface area contributed by atoms with Crippen LogP contribution in [0.1, 0.15) is 74.9 Å². The Bertz CT molecular complexity index is 4260. The van der Waals surface area contributed by atoms with Gasteiger partial charge in [-0.05, 0) is 188 Å². The summed E-state index contributed by atoms with van der Waals surface area (Å²) in [7, 11) is 0. The number of hydrogen-bond acceptors (Lipinski definition) is 0. The third-order valence-electron chi connectivity index (χ3n) is 16.6. The predicted molar refractivity (Wildman–Crippen MR) is 296 cm³/mol. The first-order valence-corrected chi connectivity index (χ1v) is 24.8. The molecule has 0 bridgehead atoms. The zero-order chi connectivity index (χ0) is 46.3. The van der Waals surface area contributed by atoms with Gasteiger partial charge in [0.25, 0.3) is 0 Å². The van der Waals surface area contributed by atoms with E-state index >= 15 is 0 Å². The maximum Gasteiger partial charge on any atom is 0.0731 e. The summed E-state index contributed by atoms with van der Waals surface area (Å²) < 4.78 is 0. The molecule has 15 rings (SSSR count). The summed E-state index contributed by atoms with van der Waals surface area (Å²) in [6, 6.07) is 75.7. The first-order valence-electron chi connectivity index (χ1n) is 24.8. The average molecular weight is 879 g/mol. The molecule has 0 atom stereocenters. The van der Waals surface area contributed by atoms with Crippen molar-refractivity contribution in [2.24, 2.45) is 0 Å². The summed E-state index contributed by atoms with van der Waals surface area (Å²) in [5, 5.41) is 18.6. The van der Waals surface area contributed by atoms with E-state index in [9.17, 15) is 0 Å². The molecule has 0 nitrogen and oxygen atoms in total. The monoisotopic (exact) mass is 878 g/mol. The van der Waals surface area contributed by atoms with Crippen LogP contribution >= 0.6 is 0 Å². The van der Waals surface area contributed by atoms with Gasteiger partial charge in [-0.1, -0.05) is 211 Å². The van der Waals surface area contributed by atoms with E-state index in [1.165, 1.54) is 153 Å². The smallest absolute Gasteiger partial charge is 0.0619 e. The minimum Gasteiger partial charge on any atom is -0.0619 e. The highest BCUT2D eigenvalue weighted by Crippen LogP contribution is 2.64. The molecule has 13 aromatic rings. The zero-order valence-electron chi connectivity index (χ0n) is 40.0. The van der Waals surface area contributed by atoms with E-state index in [0.717, 1.165) is 0 Å². The molecule has 0 aromatic heterocycles. The fraction of sp³-hybridized carbons (Fsp3) is 0.130. The Balaban J connectivity index is 0.940. The van der Waals surface area contributed by atoms with Crippen molar-refractivity contribution >= 4 is 75.4 Å². The lowest BCUT2D eigenvalue weighted by Gasteiger charge is -2.32. The average Bonchev–Trinajstić information content (AvgIpc) is 3.83. The van der Waals surface area contributed by atoms with Crippen molar-refractivity contribution in [3.63, 3.8) is 0 Å². The Morgan fingerprint density at radius 3 is 1.42 bits per heavy atom. The zero-order valence-corrected chi connectivity index (χ0v) is 40.0. The SMILES string of the molecule is CC(C)(C)c1cc2ccc3cc(-c4ccc5c(c4)C4(c6ccccc6-c6ccccc64)c4c-5ccc5cc(-c6ccc7ccc8c(C(C)(C)C)ccc9ccc6c7c98)ccc45)cc4ccc(c1)c2c34. The van der Waals surface area contributed by atoms with Crippen LogP contribution in [-0.4, -0.2) is 0 Å². The Hall–Kier alpha value is -7.80. The first kappa shape index (κ1) is 39.2. The van der Waals surface area contributed by atoms with E-state index in [2.05, 4.69) is 236 Å². The molecule has 0 amide bonds. The summed E-state index contributed by atoms with van der Waals surface area (Å²) in [5.74, 6) is 0. The van der Waals surface area contributed by atoms with E-state index in [-0.39, 0.29) is 10.8 Å². The van der Waals surface area contributed by atoms with Gasteiger partial charge in [0.15, 0.2) is 0 Å². The molecule has 0 aliphatic heterocycles. The Morgan fingerprint density at radius 1 is 0.290 bits per heavy atom. The summed E-state index contributed by atoms with van der Waals surface area (Å²) in [5.41, 5.74) is 18.2. The Kier molecular flexibility index (Phi) is 7.53. The molecule has 0 unspecified atom stereocenters. The van der Waals surface area contributed by atoms with E-state index in [0.29, 0.717) is 0 Å². The fourth-order valence-electron chi connectivity index (χ4n) is 13.5. The lowest BCUT2D eigenvalue weighted by atomic mass is 9.69. The van der Waals surface area contributed by atoms with Crippen molar-refractivity contribution in [2.75, 3.05) is 0 Å². The van der Waals surface area contributed by atoms with Gasteiger partial charge in [0.1, 0.15) is 0 Å². The molecular formula is C69H50. The van der Waals surface area contributed by atoms with Gasteiger partial charge in [0.2, 0.25) is 0 Å². The molecule has 326 valence electrons. The van der Waals surface area contributed by atoms with Crippen LogP contribution in [0, 0.1) is 0 Å². The third-order valence-corrected chi connectivity index (χ3v) is 16.6. The van der Waals surface area contributed by atoms with Crippen LogP contribution in [0.3, 0.4) is 0 Å².